The number of hydrogen-bond donors (Lipinski definition) is 0. The van der Waals surface area contributed by atoms with E-state index in [0.29, 0.717) is 26.1 Å². The predicted molar refractivity (Wildman–Crippen MR) is 83.2 cm³/mol. The zero-order chi connectivity index (χ0) is 17.1. The van der Waals surface area contributed by atoms with E-state index < -0.39 is 11.2 Å². The van der Waals surface area contributed by atoms with E-state index in [0.717, 1.165) is 11.0 Å². The first-order valence-electron chi connectivity index (χ1n) is 7.54. The molecule has 0 radical (unpaired) electrons. The summed E-state index contributed by atoms with van der Waals surface area (Å²) < 4.78 is 7.25. The second-order valence-corrected chi connectivity index (χ2v) is 5.55. The van der Waals surface area contributed by atoms with Gasteiger partial charge in [-0.1, -0.05) is 0 Å². The van der Waals surface area contributed by atoms with Crippen LogP contribution < -0.4 is 16.1 Å². The summed E-state index contributed by atoms with van der Waals surface area (Å²) in [5.74, 6) is -0.339. The third-order valence-corrected chi connectivity index (χ3v) is 4.09. The number of hydrogen-bond acceptors (Lipinski definition) is 6. The first-order valence-corrected chi connectivity index (χ1v) is 7.54. The number of nitriles is 1. The number of anilines is 1. The van der Waals surface area contributed by atoms with Crippen molar-refractivity contribution in [2.45, 2.75) is 19.8 Å². The Kier molecular flexibility index (Phi) is 4.89. The Labute approximate surface area is 133 Å². The van der Waals surface area contributed by atoms with Crippen molar-refractivity contribution in [3.05, 3.63) is 26.4 Å². The molecule has 0 unspecified atom stereocenters. The number of carbonyl (C=O) groups is 1. The van der Waals surface area contributed by atoms with E-state index in [1.807, 2.05) is 6.07 Å². The van der Waals surface area contributed by atoms with Crippen molar-refractivity contribution in [1.29, 1.82) is 5.26 Å². The van der Waals surface area contributed by atoms with Gasteiger partial charge in [0.05, 0.1) is 12.5 Å². The van der Waals surface area contributed by atoms with E-state index in [4.69, 9.17) is 4.74 Å². The van der Waals surface area contributed by atoms with Gasteiger partial charge in [0.1, 0.15) is 11.9 Å². The number of ether oxygens (including phenoxy) is 1. The van der Waals surface area contributed by atoms with Crippen LogP contribution in [0.2, 0.25) is 0 Å². The molecule has 0 N–H and O–H groups in total. The molecule has 0 aromatic carbocycles. The molecule has 1 aliphatic heterocycles. The molecule has 1 aliphatic rings. The number of nitrogens with zero attached hydrogens (tertiary/aromatic N) is 4. The van der Waals surface area contributed by atoms with Crippen molar-refractivity contribution in [2.24, 2.45) is 20.0 Å². The monoisotopic (exact) mass is 320 g/mol. The molecule has 1 aromatic rings. The van der Waals surface area contributed by atoms with Gasteiger partial charge in [-0.3, -0.25) is 18.7 Å². The summed E-state index contributed by atoms with van der Waals surface area (Å²) >= 11 is 0. The highest BCUT2D eigenvalue weighted by molar-refractivity contribution is 5.73. The Hall–Kier alpha value is -2.56. The van der Waals surface area contributed by atoms with Gasteiger partial charge in [0, 0.05) is 27.2 Å². The molecule has 1 atom stereocenters. The summed E-state index contributed by atoms with van der Waals surface area (Å²) in [5.41, 5.74) is -1.20. The minimum Gasteiger partial charge on any atom is -0.466 e. The lowest BCUT2D eigenvalue weighted by Gasteiger charge is -2.34. The summed E-state index contributed by atoms with van der Waals surface area (Å²) in [7, 11) is 2.86. The quantitative estimate of drug-likeness (QED) is 0.712. The van der Waals surface area contributed by atoms with E-state index in [9.17, 15) is 19.6 Å². The van der Waals surface area contributed by atoms with Crippen molar-refractivity contribution >= 4 is 11.8 Å². The van der Waals surface area contributed by atoms with Gasteiger partial charge in [0.2, 0.25) is 0 Å². The Morgan fingerprint density at radius 1 is 1.35 bits per heavy atom. The normalized spacial score (nSPS) is 17.7. The minimum atomic E-state index is -0.621. The van der Waals surface area contributed by atoms with Crippen LogP contribution in [0.5, 0.6) is 0 Å². The molecule has 1 aromatic heterocycles. The molecule has 124 valence electrons. The average Bonchev–Trinajstić information content (AvgIpc) is 2.56. The smallest absolute Gasteiger partial charge is 0.332 e. The number of carbonyl (C=O) groups excluding carboxylic acids is 1. The molecule has 0 spiro atoms. The number of rotatable bonds is 3. The molecule has 8 heteroatoms. The van der Waals surface area contributed by atoms with Gasteiger partial charge in [-0.05, 0) is 19.8 Å². The molecule has 1 fully saturated rings. The molecule has 1 saturated heterocycles. The average molecular weight is 320 g/mol. The van der Waals surface area contributed by atoms with Crippen LogP contribution in [0.25, 0.3) is 0 Å². The summed E-state index contributed by atoms with van der Waals surface area (Å²) in [6, 6.07) is 1.89. The largest absolute Gasteiger partial charge is 0.466 e. The van der Waals surface area contributed by atoms with Gasteiger partial charge in [-0.25, -0.2) is 4.79 Å². The topological polar surface area (TPSA) is 97.3 Å². The van der Waals surface area contributed by atoms with Crippen molar-refractivity contribution in [3.63, 3.8) is 0 Å². The third kappa shape index (κ3) is 2.99. The highest BCUT2D eigenvalue weighted by Gasteiger charge is 2.30. The van der Waals surface area contributed by atoms with Crippen LogP contribution in [-0.4, -0.2) is 34.8 Å². The van der Waals surface area contributed by atoms with Crippen molar-refractivity contribution in [1.82, 2.24) is 9.13 Å². The van der Waals surface area contributed by atoms with Crippen LogP contribution in [0.4, 0.5) is 5.82 Å². The van der Waals surface area contributed by atoms with Crippen LogP contribution in [0.15, 0.2) is 9.59 Å². The minimum absolute atomic E-state index is 0.0842. The molecular weight excluding hydrogens is 300 g/mol. The maximum absolute atomic E-state index is 12.2. The molecule has 2 heterocycles. The SMILES string of the molecule is CCOC(=O)[C@H]1CCCN(c2c(C#N)c(=O)n(C)c(=O)n2C)C1. The van der Waals surface area contributed by atoms with Gasteiger partial charge in [0.15, 0.2) is 5.56 Å². The Morgan fingerprint density at radius 2 is 2.04 bits per heavy atom. The van der Waals surface area contributed by atoms with Crippen LogP contribution >= 0.6 is 0 Å². The maximum atomic E-state index is 12.2. The van der Waals surface area contributed by atoms with E-state index in [-0.39, 0.29) is 23.3 Å². The van der Waals surface area contributed by atoms with Gasteiger partial charge in [-0.15, -0.1) is 0 Å². The Morgan fingerprint density at radius 3 is 2.65 bits per heavy atom. The Balaban J connectivity index is 2.46. The summed E-state index contributed by atoms with van der Waals surface area (Å²) in [4.78, 5) is 38.0. The predicted octanol–water partition coefficient (Wildman–Crippen LogP) is -0.265. The van der Waals surface area contributed by atoms with Gasteiger partial charge in [-0.2, -0.15) is 5.26 Å². The van der Waals surface area contributed by atoms with Crippen LogP contribution in [0, 0.1) is 17.2 Å². The first-order chi connectivity index (χ1) is 10.9. The fourth-order valence-corrected chi connectivity index (χ4v) is 2.92. The molecule has 23 heavy (non-hydrogen) atoms. The lowest BCUT2D eigenvalue weighted by Crippen LogP contribution is -2.46. The molecule has 0 bridgehead atoms. The van der Waals surface area contributed by atoms with E-state index in [1.54, 1.807) is 11.8 Å². The second kappa shape index (κ2) is 6.69. The molecule has 0 saturated carbocycles. The van der Waals surface area contributed by atoms with E-state index >= 15 is 0 Å². The zero-order valence-corrected chi connectivity index (χ0v) is 13.5. The van der Waals surface area contributed by atoms with Crippen molar-refractivity contribution in [3.8, 4) is 6.07 Å². The van der Waals surface area contributed by atoms with Gasteiger partial charge in [0.25, 0.3) is 5.56 Å². The summed E-state index contributed by atoms with van der Waals surface area (Å²) in [6.45, 7) is 2.96. The fourth-order valence-electron chi connectivity index (χ4n) is 2.92. The van der Waals surface area contributed by atoms with Crippen LogP contribution in [0.1, 0.15) is 25.3 Å². The standard InChI is InChI=1S/C15H20N4O4/c1-4-23-14(21)10-6-5-7-19(9-10)12-11(8-16)13(20)18(3)15(22)17(12)2/h10H,4-7,9H2,1-3H3/t10-/m0/s1. The molecule has 2 rings (SSSR count). The molecular formula is C15H20N4O4. The zero-order valence-electron chi connectivity index (χ0n) is 13.5. The second-order valence-electron chi connectivity index (χ2n) is 5.55. The van der Waals surface area contributed by atoms with Gasteiger partial charge < -0.3 is 9.64 Å². The summed E-state index contributed by atoms with van der Waals surface area (Å²) in [6.07, 6.45) is 1.41. The van der Waals surface area contributed by atoms with Crippen molar-refractivity contribution < 1.29 is 9.53 Å². The lowest BCUT2D eigenvalue weighted by molar-refractivity contribution is -0.148. The molecule has 8 nitrogen and oxygen atoms in total. The number of aromatic nitrogens is 2. The van der Waals surface area contributed by atoms with Crippen LogP contribution in [-0.2, 0) is 23.6 Å². The molecule has 0 aliphatic carbocycles. The third-order valence-electron chi connectivity index (χ3n) is 4.09. The van der Waals surface area contributed by atoms with Crippen molar-refractivity contribution in [2.75, 3.05) is 24.6 Å². The highest BCUT2D eigenvalue weighted by atomic mass is 16.5. The fraction of sp³-hybridized carbons (Fsp3) is 0.600. The molecule has 0 amide bonds. The Bertz CT molecular complexity index is 771. The highest BCUT2D eigenvalue weighted by Crippen LogP contribution is 2.24. The maximum Gasteiger partial charge on any atom is 0.332 e. The van der Waals surface area contributed by atoms with Crippen LogP contribution in [0.3, 0.4) is 0 Å². The first kappa shape index (κ1) is 16.8. The van der Waals surface area contributed by atoms with E-state index in [2.05, 4.69) is 0 Å². The number of piperidine rings is 1. The summed E-state index contributed by atoms with van der Waals surface area (Å²) in [5, 5.41) is 9.33. The van der Waals surface area contributed by atoms with E-state index in [1.165, 1.54) is 18.7 Å². The number of esters is 1. The van der Waals surface area contributed by atoms with Gasteiger partial charge >= 0.3 is 11.7 Å². The lowest BCUT2D eigenvalue weighted by atomic mass is 9.98.